The third-order valence-electron chi connectivity index (χ3n) is 5.07. The largest absolute Gasteiger partial charge is 0.495 e. The molecule has 1 aromatic carbocycles. The summed E-state index contributed by atoms with van der Waals surface area (Å²) < 4.78 is 38.0. The molecule has 0 spiro atoms. The molecular weight excluding hydrogens is 414 g/mol. The van der Waals surface area contributed by atoms with Crippen LogP contribution in [0.25, 0.3) is 0 Å². The molecule has 11 heteroatoms. The fraction of sp³-hybridized carbons (Fsp3) is 0.526. The molecule has 164 valence electrons. The number of ether oxygens (including phenoxy) is 2. The van der Waals surface area contributed by atoms with Crippen LogP contribution in [0, 0.1) is 0 Å². The molecule has 10 nitrogen and oxygen atoms in total. The van der Waals surface area contributed by atoms with Gasteiger partial charge in [0.25, 0.3) is 0 Å². The van der Waals surface area contributed by atoms with Crippen LogP contribution in [-0.4, -0.2) is 75.4 Å². The van der Waals surface area contributed by atoms with E-state index in [-0.39, 0.29) is 73.8 Å². The molecule has 0 unspecified atom stereocenters. The lowest BCUT2D eigenvalue weighted by Gasteiger charge is -2.33. The molecule has 2 heterocycles. The molecule has 0 N–H and O–H groups in total. The molecule has 0 aromatic heterocycles. The zero-order valence-corrected chi connectivity index (χ0v) is 17.8. The van der Waals surface area contributed by atoms with Crippen LogP contribution < -0.4 is 9.64 Å². The molecule has 0 saturated carbocycles. The summed E-state index contributed by atoms with van der Waals surface area (Å²) in [5, 5.41) is 0. The second-order valence-electron chi connectivity index (χ2n) is 6.90. The Labute approximate surface area is 175 Å². The van der Waals surface area contributed by atoms with Crippen molar-refractivity contribution >= 4 is 33.6 Å². The van der Waals surface area contributed by atoms with Crippen molar-refractivity contribution < 1.29 is 32.3 Å². The number of carbonyl (C=O) groups excluding carboxylic acids is 3. The van der Waals surface area contributed by atoms with E-state index in [0.29, 0.717) is 6.42 Å². The fourth-order valence-corrected chi connectivity index (χ4v) is 5.11. The van der Waals surface area contributed by atoms with Gasteiger partial charge in [-0.25, -0.2) is 13.2 Å². The smallest absolute Gasteiger partial charge is 0.409 e. The Morgan fingerprint density at radius 2 is 1.70 bits per heavy atom. The van der Waals surface area contributed by atoms with Crippen molar-refractivity contribution in [2.75, 3.05) is 44.8 Å². The Hall–Kier alpha value is -2.66. The van der Waals surface area contributed by atoms with Crippen molar-refractivity contribution in [2.24, 2.45) is 0 Å². The van der Waals surface area contributed by atoms with E-state index in [1.807, 2.05) is 0 Å². The summed E-state index contributed by atoms with van der Waals surface area (Å²) in [6.45, 7) is 2.53. The van der Waals surface area contributed by atoms with Crippen LogP contribution >= 0.6 is 0 Å². The average molecular weight is 439 g/mol. The SMILES string of the molecule is CCOC(=O)N1CCN(S(=O)(=O)c2cc(N3C(=O)CCCC3=O)ccc2OC)CC1. The number of piperidine rings is 1. The zero-order chi connectivity index (χ0) is 21.9. The van der Waals surface area contributed by atoms with E-state index < -0.39 is 16.1 Å². The van der Waals surface area contributed by atoms with Gasteiger partial charge in [-0.15, -0.1) is 0 Å². The van der Waals surface area contributed by atoms with Crippen molar-refractivity contribution in [1.82, 2.24) is 9.21 Å². The Morgan fingerprint density at radius 3 is 2.27 bits per heavy atom. The van der Waals surface area contributed by atoms with Crippen LogP contribution in [0.15, 0.2) is 23.1 Å². The van der Waals surface area contributed by atoms with Crippen molar-refractivity contribution in [3.63, 3.8) is 0 Å². The first-order chi connectivity index (χ1) is 14.3. The second kappa shape index (κ2) is 9.00. The molecule has 0 radical (unpaired) electrons. The number of nitrogens with zero attached hydrogens (tertiary/aromatic N) is 3. The van der Waals surface area contributed by atoms with E-state index >= 15 is 0 Å². The summed E-state index contributed by atoms with van der Waals surface area (Å²) in [5.41, 5.74) is 0.203. The Bertz CT molecular complexity index is 923. The number of carbonyl (C=O) groups is 3. The van der Waals surface area contributed by atoms with Crippen LogP contribution in [0.5, 0.6) is 5.75 Å². The summed E-state index contributed by atoms with van der Waals surface area (Å²) in [5.74, 6) is -0.603. The second-order valence-corrected chi connectivity index (χ2v) is 8.81. The maximum atomic E-state index is 13.3. The number of methoxy groups -OCH3 is 1. The summed E-state index contributed by atoms with van der Waals surface area (Å²) >= 11 is 0. The van der Waals surface area contributed by atoms with Crippen molar-refractivity contribution in [1.29, 1.82) is 0 Å². The summed E-state index contributed by atoms with van der Waals surface area (Å²) in [7, 11) is -2.63. The zero-order valence-electron chi connectivity index (χ0n) is 17.0. The Morgan fingerprint density at radius 1 is 1.07 bits per heavy atom. The van der Waals surface area contributed by atoms with Gasteiger partial charge in [0, 0.05) is 39.0 Å². The van der Waals surface area contributed by atoms with Crippen LogP contribution in [0.3, 0.4) is 0 Å². The minimum atomic E-state index is -3.98. The van der Waals surface area contributed by atoms with Gasteiger partial charge in [0.1, 0.15) is 10.6 Å². The van der Waals surface area contributed by atoms with Gasteiger partial charge >= 0.3 is 6.09 Å². The van der Waals surface area contributed by atoms with E-state index in [2.05, 4.69) is 0 Å². The normalized spacial score (nSPS) is 18.5. The predicted molar refractivity (Wildman–Crippen MR) is 107 cm³/mol. The Balaban J connectivity index is 1.87. The molecule has 2 saturated heterocycles. The topological polar surface area (TPSA) is 114 Å². The first kappa shape index (κ1) is 22.0. The number of rotatable bonds is 5. The molecule has 30 heavy (non-hydrogen) atoms. The highest BCUT2D eigenvalue weighted by molar-refractivity contribution is 7.89. The van der Waals surface area contributed by atoms with Crippen LogP contribution in [0.1, 0.15) is 26.2 Å². The first-order valence-electron chi connectivity index (χ1n) is 9.75. The summed E-state index contributed by atoms with van der Waals surface area (Å²) in [6.07, 6.45) is 0.474. The van der Waals surface area contributed by atoms with E-state index in [4.69, 9.17) is 9.47 Å². The highest BCUT2D eigenvalue weighted by Gasteiger charge is 2.34. The third-order valence-corrected chi connectivity index (χ3v) is 6.99. The van der Waals surface area contributed by atoms with E-state index in [1.54, 1.807) is 6.92 Å². The predicted octanol–water partition coefficient (Wildman–Crippen LogP) is 1.20. The van der Waals surface area contributed by atoms with E-state index in [9.17, 15) is 22.8 Å². The average Bonchev–Trinajstić information content (AvgIpc) is 2.74. The standard InChI is InChI=1S/C19H25N3O7S/c1-3-29-19(25)20-9-11-21(12-10-20)30(26,27)16-13-14(7-8-15(16)28-2)22-17(23)5-4-6-18(22)24/h7-8,13H,3-6,9-12H2,1-2H3. The number of sulfonamides is 1. The molecule has 0 aliphatic carbocycles. The minimum absolute atomic E-state index is 0.0934. The van der Waals surface area contributed by atoms with E-state index in [1.165, 1.54) is 34.5 Å². The van der Waals surface area contributed by atoms with Crippen molar-refractivity contribution in [3.8, 4) is 5.75 Å². The van der Waals surface area contributed by atoms with Gasteiger partial charge < -0.3 is 14.4 Å². The van der Waals surface area contributed by atoms with Gasteiger partial charge in [-0.1, -0.05) is 0 Å². The number of piperazine rings is 1. The lowest BCUT2D eigenvalue weighted by Crippen LogP contribution is -2.50. The number of imide groups is 1. The van der Waals surface area contributed by atoms with Gasteiger partial charge in [0.05, 0.1) is 19.4 Å². The summed E-state index contributed by atoms with van der Waals surface area (Å²) in [6, 6.07) is 4.23. The van der Waals surface area contributed by atoms with Crippen molar-refractivity contribution in [3.05, 3.63) is 18.2 Å². The molecular formula is C19H25N3O7S. The number of anilines is 1. The molecule has 2 aliphatic heterocycles. The molecule has 2 aliphatic rings. The van der Waals surface area contributed by atoms with Crippen LogP contribution in [0.2, 0.25) is 0 Å². The molecule has 3 amide bonds. The first-order valence-corrected chi connectivity index (χ1v) is 11.2. The molecule has 0 bridgehead atoms. The fourth-order valence-electron chi connectivity index (χ4n) is 3.51. The number of hydrogen-bond donors (Lipinski definition) is 0. The van der Waals surface area contributed by atoms with Gasteiger partial charge in [-0.05, 0) is 31.5 Å². The quantitative estimate of drug-likeness (QED) is 0.634. The van der Waals surface area contributed by atoms with Crippen LogP contribution in [-0.2, 0) is 24.3 Å². The maximum Gasteiger partial charge on any atom is 0.409 e. The van der Waals surface area contributed by atoms with Gasteiger partial charge in [-0.3, -0.25) is 14.5 Å². The van der Waals surface area contributed by atoms with Crippen molar-refractivity contribution in [2.45, 2.75) is 31.1 Å². The number of hydrogen-bond acceptors (Lipinski definition) is 7. The minimum Gasteiger partial charge on any atom is -0.495 e. The molecule has 1 aromatic rings. The van der Waals surface area contributed by atoms with Gasteiger partial charge in [0.2, 0.25) is 21.8 Å². The summed E-state index contributed by atoms with van der Waals surface area (Å²) in [4.78, 5) is 38.7. The maximum absolute atomic E-state index is 13.3. The molecule has 2 fully saturated rings. The highest BCUT2D eigenvalue weighted by Crippen LogP contribution is 2.33. The van der Waals surface area contributed by atoms with Crippen LogP contribution in [0.4, 0.5) is 10.5 Å². The van der Waals surface area contributed by atoms with Gasteiger partial charge in [0.15, 0.2) is 0 Å². The highest BCUT2D eigenvalue weighted by atomic mass is 32.2. The Kier molecular flexibility index (Phi) is 6.61. The number of amides is 3. The monoisotopic (exact) mass is 439 g/mol. The lowest BCUT2D eigenvalue weighted by molar-refractivity contribution is -0.129. The van der Waals surface area contributed by atoms with E-state index in [0.717, 1.165) is 4.90 Å². The molecule has 3 rings (SSSR count). The lowest BCUT2D eigenvalue weighted by atomic mass is 10.1. The van der Waals surface area contributed by atoms with Gasteiger partial charge in [-0.2, -0.15) is 4.31 Å². The number of benzene rings is 1. The third kappa shape index (κ3) is 4.26. The molecule has 0 atom stereocenters.